The lowest BCUT2D eigenvalue weighted by Gasteiger charge is -2.15. The van der Waals surface area contributed by atoms with Gasteiger partial charge in [0.1, 0.15) is 0 Å². The summed E-state index contributed by atoms with van der Waals surface area (Å²) in [7, 11) is 3.14. The van der Waals surface area contributed by atoms with Crippen LogP contribution in [0.5, 0.6) is 0 Å². The lowest BCUT2D eigenvalue weighted by atomic mass is 10.0. The van der Waals surface area contributed by atoms with Crippen LogP contribution in [0.4, 0.5) is 0 Å². The van der Waals surface area contributed by atoms with Crippen molar-refractivity contribution in [1.82, 2.24) is 5.32 Å². The van der Waals surface area contributed by atoms with Crippen molar-refractivity contribution >= 4 is 25.6 Å². The summed E-state index contributed by atoms with van der Waals surface area (Å²) in [5, 5.41) is 2.89. The van der Waals surface area contributed by atoms with Crippen LogP contribution in [0.3, 0.4) is 0 Å². The molecule has 0 aliphatic heterocycles. The predicted molar refractivity (Wildman–Crippen MR) is 80.0 cm³/mol. The quantitative estimate of drug-likeness (QED) is 0.777. The van der Waals surface area contributed by atoms with E-state index in [1.165, 1.54) is 24.3 Å². The van der Waals surface area contributed by atoms with Gasteiger partial charge >= 0.3 is 0 Å². The molecule has 1 fully saturated rings. The monoisotopic (exact) mass is 331 g/mol. The molecule has 0 atom stereocenters. The third-order valence-corrected chi connectivity index (χ3v) is 5.19. The Morgan fingerprint density at radius 1 is 1.33 bits per heavy atom. The summed E-state index contributed by atoms with van der Waals surface area (Å²) < 4.78 is 27.3. The summed E-state index contributed by atoms with van der Waals surface area (Å²) in [5.41, 5.74) is 0.590. The van der Waals surface area contributed by atoms with E-state index in [1.807, 2.05) is 0 Å². The third-order valence-electron chi connectivity index (χ3n) is 3.82. The molecule has 1 aliphatic carbocycles. The highest BCUT2D eigenvalue weighted by molar-refractivity contribution is 8.13. The van der Waals surface area contributed by atoms with E-state index in [0.717, 1.165) is 19.3 Å². The fourth-order valence-electron chi connectivity index (χ4n) is 2.15. The van der Waals surface area contributed by atoms with E-state index >= 15 is 0 Å². The van der Waals surface area contributed by atoms with Gasteiger partial charge in [0.2, 0.25) is 0 Å². The zero-order valence-electron chi connectivity index (χ0n) is 11.8. The van der Waals surface area contributed by atoms with E-state index in [2.05, 4.69) is 5.32 Å². The van der Waals surface area contributed by atoms with Crippen molar-refractivity contribution in [3.05, 3.63) is 29.8 Å². The van der Waals surface area contributed by atoms with Crippen molar-refractivity contribution in [1.29, 1.82) is 0 Å². The van der Waals surface area contributed by atoms with E-state index < -0.39 is 9.05 Å². The Morgan fingerprint density at radius 2 is 1.95 bits per heavy atom. The Bertz CT molecular complexity index is 608. The summed E-state index contributed by atoms with van der Waals surface area (Å²) in [6.07, 6.45) is 3.13. The van der Waals surface area contributed by atoms with Gasteiger partial charge in [-0.05, 0) is 48.9 Å². The maximum absolute atomic E-state index is 12.0. The normalized spacial score (nSPS) is 16.5. The van der Waals surface area contributed by atoms with E-state index in [-0.39, 0.29) is 16.2 Å². The molecule has 1 amide bonds. The van der Waals surface area contributed by atoms with Gasteiger partial charge in [0.15, 0.2) is 0 Å². The molecule has 21 heavy (non-hydrogen) atoms. The van der Waals surface area contributed by atoms with Gasteiger partial charge in [-0.3, -0.25) is 4.79 Å². The number of hydrogen-bond acceptors (Lipinski definition) is 4. The molecular weight excluding hydrogens is 314 g/mol. The van der Waals surface area contributed by atoms with Crippen molar-refractivity contribution < 1.29 is 17.9 Å². The highest BCUT2D eigenvalue weighted by atomic mass is 35.7. The molecule has 1 aliphatic rings. The van der Waals surface area contributed by atoms with Crippen LogP contribution in [-0.4, -0.2) is 34.6 Å². The Balaban J connectivity index is 1.92. The Labute approximate surface area is 129 Å². The molecule has 0 aromatic heterocycles. The van der Waals surface area contributed by atoms with Gasteiger partial charge < -0.3 is 10.1 Å². The number of carbonyl (C=O) groups is 1. The Kier molecular flexibility index (Phi) is 4.91. The Morgan fingerprint density at radius 3 is 2.43 bits per heavy atom. The molecule has 0 radical (unpaired) electrons. The first-order valence-corrected chi connectivity index (χ1v) is 8.99. The zero-order valence-corrected chi connectivity index (χ0v) is 13.3. The molecular formula is C14H18ClNO4S. The van der Waals surface area contributed by atoms with Crippen LogP contribution < -0.4 is 5.32 Å². The van der Waals surface area contributed by atoms with Crippen LogP contribution in [-0.2, 0) is 13.8 Å². The van der Waals surface area contributed by atoms with E-state index in [0.29, 0.717) is 18.7 Å². The minimum atomic E-state index is -3.75. The average Bonchev–Trinajstić information content (AvgIpc) is 3.22. The van der Waals surface area contributed by atoms with Gasteiger partial charge in [-0.1, -0.05) is 0 Å². The minimum absolute atomic E-state index is 0.0144. The lowest BCUT2D eigenvalue weighted by Crippen LogP contribution is -2.30. The molecule has 5 nitrogen and oxygen atoms in total. The van der Waals surface area contributed by atoms with Gasteiger partial charge in [0.25, 0.3) is 15.0 Å². The SMILES string of the molecule is COCCC1(CNC(=O)c2ccc(S(=O)(=O)Cl)cc2)CC1. The van der Waals surface area contributed by atoms with Crippen molar-refractivity contribution in [3.8, 4) is 0 Å². The molecule has 0 heterocycles. The number of halogens is 1. The van der Waals surface area contributed by atoms with Gasteiger partial charge in [0, 0.05) is 36.5 Å². The lowest BCUT2D eigenvalue weighted by molar-refractivity contribution is 0.0938. The number of amides is 1. The summed E-state index contributed by atoms with van der Waals surface area (Å²) in [6, 6.07) is 5.57. The third kappa shape index (κ3) is 4.43. The molecule has 7 heteroatoms. The number of benzene rings is 1. The number of ether oxygens (including phenoxy) is 1. The van der Waals surface area contributed by atoms with Crippen LogP contribution in [0.25, 0.3) is 0 Å². The largest absolute Gasteiger partial charge is 0.385 e. The summed E-state index contributed by atoms with van der Waals surface area (Å²) in [6.45, 7) is 1.31. The number of hydrogen-bond donors (Lipinski definition) is 1. The molecule has 116 valence electrons. The van der Waals surface area contributed by atoms with E-state index in [1.54, 1.807) is 7.11 Å². The fourth-order valence-corrected chi connectivity index (χ4v) is 2.92. The number of nitrogens with one attached hydrogen (secondary N) is 1. The van der Waals surface area contributed by atoms with E-state index in [4.69, 9.17) is 15.4 Å². The first-order valence-electron chi connectivity index (χ1n) is 6.68. The van der Waals surface area contributed by atoms with Gasteiger partial charge in [0.05, 0.1) is 4.90 Å². The number of carbonyl (C=O) groups excluding carboxylic acids is 1. The maximum Gasteiger partial charge on any atom is 0.261 e. The van der Waals surface area contributed by atoms with Crippen molar-refractivity contribution in [3.63, 3.8) is 0 Å². The fraction of sp³-hybridized carbons (Fsp3) is 0.500. The second-order valence-corrected chi connectivity index (χ2v) is 7.95. The molecule has 1 aromatic carbocycles. The van der Waals surface area contributed by atoms with Gasteiger partial charge in [-0.15, -0.1) is 0 Å². The first kappa shape index (κ1) is 16.3. The van der Waals surface area contributed by atoms with E-state index in [9.17, 15) is 13.2 Å². The molecule has 2 rings (SSSR count). The predicted octanol–water partition coefficient (Wildman–Crippen LogP) is 2.16. The topological polar surface area (TPSA) is 72.5 Å². The number of rotatable bonds is 7. The molecule has 0 spiro atoms. The van der Waals surface area contributed by atoms with Crippen molar-refractivity contribution in [2.45, 2.75) is 24.2 Å². The molecule has 1 N–H and O–H groups in total. The highest BCUT2D eigenvalue weighted by Crippen LogP contribution is 2.48. The summed E-state index contributed by atoms with van der Waals surface area (Å²) in [4.78, 5) is 12.0. The van der Waals surface area contributed by atoms with Crippen molar-refractivity contribution in [2.75, 3.05) is 20.3 Å². The smallest absolute Gasteiger partial charge is 0.261 e. The van der Waals surface area contributed by atoms with Crippen LogP contribution >= 0.6 is 10.7 Å². The average molecular weight is 332 g/mol. The summed E-state index contributed by atoms with van der Waals surface area (Å²) >= 11 is 0. The first-order chi connectivity index (χ1) is 9.86. The minimum Gasteiger partial charge on any atom is -0.385 e. The van der Waals surface area contributed by atoms with Crippen LogP contribution in [0.2, 0.25) is 0 Å². The Hall–Kier alpha value is -1.11. The summed E-state index contributed by atoms with van der Waals surface area (Å²) in [5.74, 6) is -0.211. The molecule has 0 bridgehead atoms. The molecule has 0 saturated heterocycles. The van der Waals surface area contributed by atoms with Crippen LogP contribution in [0.1, 0.15) is 29.6 Å². The second kappa shape index (κ2) is 6.34. The molecule has 0 unspecified atom stereocenters. The van der Waals surface area contributed by atoms with Crippen molar-refractivity contribution in [2.24, 2.45) is 5.41 Å². The maximum atomic E-state index is 12.0. The highest BCUT2D eigenvalue weighted by Gasteiger charge is 2.42. The standard InChI is InChI=1S/C14H18ClNO4S/c1-20-9-8-14(6-7-14)10-16-13(17)11-2-4-12(5-3-11)21(15,18)19/h2-5H,6-10H2,1H3,(H,16,17). The van der Waals surface area contributed by atoms with Gasteiger partial charge in [-0.2, -0.15) is 0 Å². The second-order valence-electron chi connectivity index (χ2n) is 5.39. The molecule has 1 saturated carbocycles. The number of methoxy groups -OCH3 is 1. The van der Waals surface area contributed by atoms with Crippen LogP contribution in [0, 0.1) is 5.41 Å². The van der Waals surface area contributed by atoms with Gasteiger partial charge in [-0.25, -0.2) is 8.42 Å². The van der Waals surface area contributed by atoms with Crippen LogP contribution in [0.15, 0.2) is 29.2 Å². The molecule has 1 aromatic rings. The zero-order chi connectivity index (χ0) is 15.5.